The van der Waals surface area contributed by atoms with Gasteiger partial charge in [-0.15, -0.1) is 0 Å². The van der Waals surface area contributed by atoms with Crippen LogP contribution in [0, 0.1) is 46.5 Å². The zero-order valence-corrected chi connectivity index (χ0v) is 14.0. The molecular formula is C16F16. The standard InChI is InChI=1S/C16F16/c17-5-1-2(6(18)12(24)11(5)23)14(26,27)13(1,25)3-7(19)9(21)4(10(22)8(3)20)15(28,29)16(30,31)32. The lowest BCUT2D eigenvalue weighted by Crippen LogP contribution is -2.54. The minimum atomic E-state index is -6.90. The summed E-state index contributed by atoms with van der Waals surface area (Å²) in [6.07, 6.45) is -6.90. The van der Waals surface area contributed by atoms with Gasteiger partial charge >= 0.3 is 18.0 Å². The van der Waals surface area contributed by atoms with Crippen LogP contribution in [0.3, 0.4) is 0 Å². The Balaban J connectivity index is 2.46. The molecule has 176 valence electrons. The van der Waals surface area contributed by atoms with Crippen molar-refractivity contribution in [1.29, 1.82) is 0 Å². The van der Waals surface area contributed by atoms with Gasteiger partial charge in [0.15, 0.2) is 46.5 Å². The van der Waals surface area contributed by atoms with Crippen LogP contribution in [0.5, 0.6) is 0 Å². The smallest absolute Gasteiger partial charge is 0.226 e. The van der Waals surface area contributed by atoms with E-state index in [0.717, 1.165) is 0 Å². The Morgan fingerprint density at radius 2 is 0.781 bits per heavy atom. The molecule has 16 heteroatoms. The molecule has 0 aromatic heterocycles. The van der Waals surface area contributed by atoms with Crippen LogP contribution in [-0.2, 0) is 17.5 Å². The van der Waals surface area contributed by atoms with Crippen LogP contribution < -0.4 is 0 Å². The SMILES string of the molecule is Fc1c(F)c(F)c2c(c1F)C(F)(F)C2(F)c1c(F)c(F)c(C(F)(F)C(F)(F)F)c(F)c1F. The Labute approximate surface area is 164 Å². The quantitative estimate of drug-likeness (QED) is 0.245. The predicted octanol–water partition coefficient (Wildman–Crippen LogP) is 6.77. The molecule has 3 rings (SSSR count). The molecule has 0 saturated heterocycles. The molecule has 1 aliphatic rings. The first kappa shape index (κ1) is 24.0. The highest BCUT2D eigenvalue weighted by molar-refractivity contribution is 5.59. The molecule has 1 aliphatic carbocycles. The van der Waals surface area contributed by atoms with Crippen molar-refractivity contribution in [1.82, 2.24) is 0 Å². The van der Waals surface area contributed by atoms with Crippen molar-refractivity contribution in [3.05, 3.63) is 68.8 Å². The summed E-state index contributed by atoms with van der Waals surface area (Å²) in [5.74, 6) is -39.1. The number of fused-ring (bicyclic) bond motifs is 1. The topological polar surface area (TPSA) is 0 Å². The van der Waals surface area contributed by atoms with Gasteiger partial charge in [-0.25, -0.2) is 39.5 Å². The molecule has 0 amide bonds. The van der Waals surface area contributed by atoms with Gasteiger partial charge in [0.25, 0.3) is 0 Å². The minimum Gasteiger partial charge on any atom is -0.226 e. The Morgan fingerprint density at radius 1 is 0.438 bits per heavy atom. The lowest BCUT2D eigenvalue weighted by molar-refractivity contribution is -0.291. The van der Waals surface area contributed by atoms with E-state index in [-0.39, 0.29) is 0 Å². The van der Waals surface area contributed by atoms with Gasteiger partial charge in [-0.05, 0) is 0 Å². The molecule has 0 spiro atoms. The van der Waals surface area contributed by atoms with Crippen LogP contribution in [0.2, 0.25) is 0 Å². The van der Waals surface area contributed by atoms with Crippen molar-refractivity contribution >= 4 is 0 Å². The summed E-state index contributed by atoms with van der Waals surface area (Å²) in [5, 5.41) is 0. The first-order valence-electron chi connectivity index (χ1n) is 7.52. The molecule has 0 heterocycles. The summed E-state index contributed by atoms with van der Waals surface area (Å²) < 4.78 is 217. The van der Waals surface area contributed by atoms with Gasteiger partial charge in [0.05, 0.1) is 16.7 Å². The van der Waals surface area contributed by atoms with Crippen molar-refractivity contribution < 1.29 is 70.2 Å². The first-order chi connectivity index (χ1) is 14.3. The molecule has 0 saturated carbocycles. The summed E-state index contributed by atoms with van der Waals surface area (Å²) >= 11 is 0. The lowest BCUT2D eigenvalue weighted by atomic mass is 9.66. The molecule has 0 aliphatic heterocycles. The van der Waals surface area contributed by atoms with Gasteiger partial charge in [0, 0.05) is 0 Å². The van der Waals surface area contributed by atoms with Crippen LogP contribution in [0.15, 0.2) is 0 Å². The fraction of sp³-hybridized carbons (Fsp3) is 0.250. The summed E-state index contributed by atoms with van der Waals surface area (Å²) in [4.78, 5) is 0. The van der Waals surface area contributed by atoms with E-state index in [1.165, 1.54) is 0 Å². The number of rotatable bonds is 2. The molecular weight excluding hydrogens is 496 g/mol. The molecule has 32 heavy (non-hydrogen) atoms. The van der Waals surface area contributed by atoms with Gasteiger partial charge in [-0.2, -0.15) is 30.7 Å². The third-order valence-electron chi connectivity index (χ3n) is 4.64. The van der Waals surface area contributed by atoms with Crippen molar-refractivity contribution in [2.75, 3.05) is 0 Å². The molecule has 1 atom stereocenters. The second-order valence-corrected chi connectivity index (χ2v) is 6.32. The van der Waals surface area contributed by atoms with E-state index in [2.05, 4.69) is 0 Å². The molecule has 2 aromatic rings. The summed E-state index contributed by atoms with van der Waals surface area (Å²) in [6.45, 7) is 0. The molecule has 0 bridgehead atoms. The van der Waals surface area contributed by atoms with E-state index in [9.17, 15) is 65.9 Å². The summed E-state index contributed by atoms with van der Waals surface area (Å²) in [7, 11) is 0. The summed E-state index contributed by atoms with van der Waals surface area (Å²) in [5.41, 5.74) is -18.0. The van der Waals surface area contributed by atoms with Crippen LogP contribution >= 0.6 is 0 Å². The van der Waals surface area contributed by atoms with Gasteiger partial charge in [-0.1, -0.05) is 0 Å². The Kier molecular flexibility index (Phi) is 4.82. The van der Waals surface area contributed by atoms with Crippen molar-refractivity contribution in [2.45, 2.75) is 23.7 Å². The second kappa shape index (κ2) is 6.43. The van der Waals surface area contributed by atoms with Crippen molar-refractivity contribution in [2.24, 2.45) is 0 Å². The fourth-order valence-electron chi connectivity index (χ4n) is 3.15. The number of benzene rings is 2. The van der Waals surface area contributed by atoms with Gasteiger partial charge in [0.1, 0.15) is 5.56 Å². The van der Waals surface area contributed by atoms with E-state index in [0.29, 0.717) is 0 Å². The van der Waals surface area contributed by atoms with Crippen LogP contribution in [0.4, 0.5) is 70.2 Å². The molecule has 0 N–H and O–H groups in total. The highest BCUT2D eigenvalue weighted by Gasteiger charge is 2.75. The summed E-state index contributed by atoms with van der Waals surface area (Å²) in [6, 6.07) is 0. The first-order valence-corrected chi connectivity index (χ1v) is 7.52. The zero-order chi connectivity index (χ0) is 24.9. The fourth-order valence-corrected chi connectivity index (χ4v) is 3.15. The predicted molar refractivity (Wildman–Crippen MR) is 68.3 cm³/mol. The number of hydrogen-bond acceptors (Lipinski definition) is 0. The maximum atomic E-state index is 15.0. The molecule has 0 radical (unpaired) electrons. The normalized spacial score (nSPS) is 20.2. The van der Waals surface area contributed by atoms with E-state index >= 15 is 4.39 Å². The zero-order valence-electron chi connectivity index (χ0n) is 14.0. The van der Waals surface area contributed by atoms with E-state index < -0.39 is 92.5 Å². The highest BCUT2D eigenvalue weighted by Crippen LogP contribution is 2.66. The Morgan fingerprint density at radius 3 is 1.16 bits per heavy atom. The van der Waals surface area contributed by atoms with Gasteiger partial charge in [0.2, 0.25) is 5.67 Å². The van der Waals surface area contributed by atoms with Crippen LogP contribution in [0.25, 0.3) is 0 Å². The van der Waals surface area contributed by atoms with Crippen molar-refractivity contribution in [3.8, 4) is 0 Å². The average molecular weight is 496 g/mol. The Bertz CT molecular complexity index is 1130. The number of halogens is 16. The monoisotopic (exact) mass is 496 g/mol. The molecule has 0 fully saturated rings. The second-order valence-electron chi connectivity index (χ2n) is 6.32. The van der Waals surface area contributed by atoms with Gasteiger partial charge in [-0.3, -0.25) is 0 Å². The van der Waals surface area contributed by atoms with Crippen LogP contribution in [0.1, 0.15) is 22.3 Å². The number of alkyl halides is 8. The Hall–Kier alpha value is -2.68. The molecule has 2 aromatic carbocycles. The lowest BCUT2D eigenvalue weighted by Gasteiger charge is -2.45. The third kappa shape index (κ3) is 2.48. The van der Waals surface area contributed by atoms with E-state index in [1.54, 1.807) is 0 Å². The van der Waals surface area contributed by atoms with Crippen LogP contribution in [-0.4, -0.2) is 6.18 Å². The van der Waals surface area contributed by atoms with Gasteiger partial charge < -0.3 is 0 Å². The maximum Gasteiger partial charge on any atom is 0.458 e. The average Bonchev–Trinajstić information content (AvgIpc) is 2.66. The third-order valence-corrected chi connectivity index (χ3v) is 4.64. The molecule has 0 nitrogen and oxygen atoms in total. The number of hydrogen-bond donors (Lipinski definition) is 0. The van der Waals surface area contributed by atoms with E-state index in [4.69, 9.17) is 0 Å². The molecule has 1 unspecified atom stereocenters. The minimum absolute atomic E-state index is 2.68. The highest BCUT2D eigenvalue weighted by atomic mass is 19.4. The van der Waals surface area contributed by atoms with E-state index in [1.807, 2.05) is 0 Å². The maximum absolute atomic E-state index is 15.0. The largest absolute Gasteiger partial charge is 0.458 e. The van der Waals surface area contributed by atoms with Crippen molar-refractivity contribution in [3.63, 3.8) is 0 Å².